The zero-order valence-electron chi connectivity index (χ0n) is 13.7. The molecule has 0 saturated carbocycles. The summed E-state index contributed by atoms with van der Waals surface area (Å²) in [5.74, 6) is -1.38. The summed E-state index contributed by atoms with van der Waals surface area (Å²) in [6, 6.07) is 13.0. The lowest BCUT2D eigenvalue weighted by Crippen LogP contribution is -2.45. The Hall–Kier alpha value is -1.98. The molecule has 0 spiro atoms. The quantitative estimate of drug-likeness (QED) is 0.878. The molecule has 3 nitrogen and oxygen atoms in total. The number of nitrogens with one attached hydrogen (secondary N) is 2. The Morgan fingerprint density at radius 3 is 2.67 bits per heavy atom. The molecule has 1 aliphatic heterocycles. The van der Waals surface area contributed by atoms with Gasteiger partial charge in [0.05, 0.1) is 7.11 Å². The number of hydrogen-bond acceptors (Lipinski definition) is 3. The van der Waals surface area contributed by atoms with Crippen molar-refractivity contribution in [1.82, 2.24) is 10.6 Å². The van der Waals surface area contributed by atoms with E-state index in [1.807, 2.05) is 18.2 Å². The highest BCUT2D eigenvalue weighted by molar-refractivity contribution is 5.35. The Bertz CT molecular complexity index is 679. The summed E-state index contributed by atoms with van der Waals surface area (Å²) in [5, 5.41) is 7.02. The molecule has 1 aliphatic rings. The van der Waals surface area contributed by atoms with Crippen molar-refractivity contribution in [3.05, 3.63) is 65.2 Å². The Kier molecular flexibility index (Phi) is 5.43. The predicted molar refractivity (Wildman–Crippen MR) is 90.0 cm³/mol. The molecule has 2 N–H and O–H groups in total. The highest BCUT2D eigenvalue weighted by atomic mass is 19.2. The maximum Gasteiger partial charge on any atom is 0.162 e. The molecule has 3 rings (SSSR count). The van der Waals surface area contributed by atoms with Crippen molar-refractivity contribution in [2.75, 3.05) is 13.7 Å². The lowest BCUT2D eigenvalue weighted by Gasteiger charge is -2.34. The molecule has 1 fully saturated rings. The number of rotatable bonds is 5. The molecule has 2 aromatic rings. The largest absolute Gasteiger partial charge is 0.496 e. The van der Waals surface area contributed by atoms with E-state index in [2.05, 4.69) is 22.8 Å². The van der Waals surface area contributed by atoms with Gasteiger partial charge in [0.1, 0.15) is 5.75 Å². The Balaban J connectivity index is 1.74. The summed E-state index contributed by atoms with van der Waals surface area (Å²) < 4.78 is 32.0. The fourth-order valence-corrected chi connectivity index (χ4v) is 3.26. The predicted octanol–water partition coefficient (Wildman–Crippen LogP) is 3.56. The molecule has 0 radical (unpaired) electrons. The molecule has 2 aromatic carbocycles. The summed E-state index contributed by atoms with van der Waals surface area (Å²) in [5.41, 5.74) is 1.85. The van der Waals surface area contributed by atoms with Crippen molar-refractivity contribution in [2.24, 2.45) is 0 Å². The standard InChI is InChI=1S/C19H22F2N2O/c1-24-18-11-16(21)15(20)10-14(18)12-23-17-8-5-9-22-19(17)13-6-3-2-4-7-13/h2-4,6-7,10-11,17,19,22-23H,5,8-9,12H2,1H3. The SMILES string of the molecule is COc1cc(F)c(F)cc1CNC1CCCNC1c1ccccc1. The molecule has 128 valence electrons. The number of halogens is 2. The first kappa shape index (κ1) is 16.9. The second-order valence-corrected chi connectivity index (χ2v) is 6.05. The molecule has 1 saturated heterocycles. The first-order chi connectivity index (χ1) is 11.7. The lowest BCUT2D eigenvalue weighted by molar-refractivity contribution is 0.302. The van der Waals surface area contributed by atoms with Gasteiger partial charge in [-0.05, 0) is 31.0 Å². The third kappa shape index (κ3) is 3.74. The minimum absolute atomic E-state index is 0.205. The van der Waals surface area contributed by atoms with E-state index in [4.69, 9.17) is 4.74 Å². The van der Waals surface area contributed by atoms with Crippen molar-refractivity contribution in [2.45, 2.75) is 31.5 Å². The van der Waals surface area contributed by atoms with Crippen molar-refractivity contribution < 1.29 is 13.5 Å². The molecule has 1 heterocycles. The van der Waals surface area contributed by atoms with E-state index >= 15 is 0 Å². The zero-order chi connectivity index (χ0) is 16.9. The van der Waals surface area contributed by atoms with Crippen LogP contribution in [0.4, 0.5) is 8.78 Å². The van der Waals surface area contributed by atoms with Crippen LogP contribution in [0.5, 0.6) is 5.75 Å². The van der Waals surface area contributed by atoms with E-state index in [0.29, 0.717) is 17.9 Å². The average molecular weight is 332 g/mol. The van der Waals surface area contributed by atoms with Gasteiger partial charge in [-0.25, -0.2) is 8.78 Å². The molecule has 0 aromatic heterocycles. The first-order valence-electron chi connectivity index (χ1n) is 8.22. The molecular weight excluding hydrogens is 310 g/mol. The Morgan fingerprint density at radius 1 is 1.17 bits per heavy atom. The van der Waals surface area contributed by atoms with Crippen LogP contribution in [0.25, 0.3) is 0 Å². The minimum Gasteiger partial charge on any atom is -0.496 e. The fourth-order valence-electron chi connectivity index (χ4n) is 3.26. The number of methoxy groups -OCH3 is 1. The highest BCUT2D eigenvalue weighted by Crippen LogP contribution is 2.26. The minimum atomic E-state index is -0.892. The van der Waals surface area contributed by atoms with Gasteiger partial charge in [0, 0.05) is 30.3 Å². The summed E-state index contributed by atoms with van der Waals surface area (Å²) in [4.78, 5) is 0. The maximum absolute atomic E-state index is 13.5. The molecule has 5 heteroatoms. The van der Waals surface area contributed by atoms with Gasteiger partial charge in [0.25, 0.3) is 0 Å². The zero-order valence-corrected chi connectivity index (χ0v) is 13.7. The summed E-state index contributed by atoms with van der Waals surface area (Å²) in [7, 11) is 1.46. The normalized spacial score (nSPS) is 20.8. The topological polar surface area (TPSA) is 33.3 Å². The van der Waals surface area contributed by atoms with Crippen LogP contribution in [-0.4, -0.2) is 19.7 Å². The highest BCUT2D eigenvalue weighted by Gasteiger charge is 2.26. The van der Waals surface area contributed by atoms with Crippen molar-refractivity contribution >= 4 is 0 Å². The van der Waals surface area contributed by atoms with Gasteiger partial charge in [-0.2, -0.15) is 0 Å². The summed E-state index contributed by atoms with van der Waals surface area (Å²) >= 11 is 0. The van der Waals surface area contributed by atoms with E-state index < -0.39 is 11.6 Å². The number of ether oxygens (including phenoxy) is 1. The fraction of sp³-hybridized carbons (Fsp3) is 0.368. The van der Waals surface area contributed by atoms with Crippen LogP contribution < -0.4 is 15.4 Å². The van der Waals surface area contributed by atoms with Gasteiger partial charge in [-0.1, -0.05) is 30.3 Å². The molecule has 2 atom stereocenters. The van der Waals surface area contributed by atoms with Gasteiger partial charge in [-0.3, -0.25) is 0 Å². The van der Waals surface area contributed by atoms with Crippen LogP contribution in [-0.2, 0) is 6.54 Å². The molecule has 2 unspecified atom stereocenters. The van der Waals surface area contributed by atoms with E-state index in [9.17, 15) is 8.78 Å². The van der Waals surface area contributed by atoms with Crippen LogP contribution in [0.2, 0.25) is 0 Å². The second-order valence-electron chi connectivity index (χ2n) is 6.05. The van der Waals surface area contributed by atoms with Crippen molar-refractivity contribution in [3.63, 3.8) is 0 Å². The number of hydrogen-bond donors (Lipinski definition) is 2. The maximum atomic E-state index is 13.5. The Labute approximate surface area is 141 Å². The van der Waals surface area contributed by atoms with Gasteiger partial charge in [-0.15, -0.1) is 0 Å². The smallest absolute Gasteiger partial charge is 0.162 e. The summed E-state index contributed by atoms with van der Waals surface area (Å²) in [6.07, 6.45) is 2.11. The molecule has 0 amide bonds. The van der Waals surface area contributed by atoms with Crippen molar-refractivity contribution in [1.29, 1.82) is 0 Å². The van der Waals surface area contributed by atoms with E-state index in [1.165, 1.54) is 18.7 Å². The van der Waals surface area contributed by atoms with Crippen LogP contribution in [0.1, 0.15) is 30.0 Å². The van der Waals surface area contributed by atoms with E-state index in [-0.39, 0.29) is 12.1 Å². The second kappa shape index (κ2) is 7.73. The first-order valence-corrected chi connectivity index (χ1v) is 8.22. The van der Waals surface area contributed by atoms with Gasteiger partial charge in [0.2, 0.25) is 0 Å². The molecule has 24 heavy (non-hydrogen) atoms. The van der Waals surface area contributed by atoms with Gasteiger partial charge < -0.3 is 15.4 Å². The van der Waals surface area contributed by atoms with Crippen molar-refractivity contribution in [3.8, 4) is 5.75 Å². The van der Waals surface area contributed by atoms with Crippen LogP contribution >= 0.6 is 0 Å². The van der Waals surface area contributed by atoms with E-state index in [0.717, 1.165) is 25.5 Å². The number of piperidine rings is 1. The lowest BCUT2D eigenvalue weighted by atomic mass is 9.92. The average Bonchev–Trinajstić information content (AvgIpc) is 2.63. The monoisotopic (exact) mass is 332 g/mol. The van der Waals surface area contributed by atoms with E-state index in [1.54, 1.807) is 0 Å². The number of benzene rings is 2. The molecule has 0 bridgehead atoms. The van der Waals surface area contributed by atoms with Gasteiger partial charge >= 0.3 is 0 Å². The Morgan fingerprint density at radius 2 is 1.92 bits per heavy atom. The molecular formula is C19H22F2N2O. The molecule has 0 aliphatic carbocycles. The summed E-state index contributed by atoms with van der Waals surface area (Å²) in [6.45, 7) is 1.41. The van der Waals surface area contributed by atoms with Gasteiger partial charge in [0.15, 0.2) is 11.6 Å². The van der Waals surface area contributed by atoms with Crippen LogP contribution in [0.15, 0.2) is 42.5 Å². The van der Waals surface area contributed by atoms with Crippen LogP contribution in [0.3, 0.4) is 0 Å². The van der Waals surface area contributed by atoms with Crippen LogP contribution in [0, 0.1) is 11.6 Å². The third-order valence-corrected chi connectivity index (χ3v) is 4.50. The third-order valence-electron chi connectivity index (χ3n) is 4.50.